The van der Waals surface area contributed by atoms with Crippen LogP contribution in [0, 0.1) is 0 Å². The van der Waals surface area contributed by atoms with Crippen LogP contribution in [0.2, 0.25) is 0 Å². The van der Waals surface area contributed by atoms with Gasteiger partial charge in [0, 0.05) is 0 Å². The van der Waals surface area contributed by atoms with Crippen molar-refractivity contribution in [2.75, 3.05) is 6.54 Å². The number of rotatable bonds is 8. The smallest absolute Gasteiger partial charge is 0.332 e. The quantitative estimate of drug-likeness (QED) is 0.221. The van der Waals surface area contributed by atoms with Crippen LogP contribution >= 0.6 is 11.8 Å². The van der Waals surface area contributed by atoms with E-state index in [1.807, 2.05) is 91.0 Å². The summed E-state index contributed by atoms with van der Waals surface area (Å²) >= 11 is 1.06. The van der Waals surface area contributed by atoms with Gasteiger partial charge >= 0.3 is 5.97 Å². The van der Waals surface area contributed by atoms with Gasteiger partial charge in [-0.15, -0.1) is 11.8 Å². The predicted octanol–water partition coefficient (Wildman–Crippen LogP) is 2.90. The summed E-state index contributed by atoms with van der Waals surface area (Å²) in [7, 11) is 0. The number of hydrogen-bond acceptors (Lipinski definition) is 6. The molecule has 0 radical (unpaired) electrons. The number of nitrogens with one attached hydrogen (secondary N) is 1. The van der Waals surface area contributed by atoms with E-state index in [4.69, 9.17) is 4.74 Å². The van der Waals surface area contributed by atoms with Crippen molar-refractivity contribution < 1.29 is 23.9 Å². The number of carbonyl (C=O) groups is 4. The van der Waals surface area contributed by atoms with E-state index in [2.05, 4.69) is 5.32 Å². The van der Waals surface area contributed by atoms with E-state index in [9.17, 15) is 19.2 Å². The minimum atomic E-state index is -1.57. The highest BCUT2D eigenvalue weighted by Crippen LogP contribution is 2.47. The van der Waals surface area contributed by atoms with Crippen LogP contribution in [-0.4, -0.2) is 51.7 Å². The number of amides is 2. The Morgan fingerprint density at radius 2 is 1.53 bits per heavy atom. The van der Waals surface area contributed by atoms with Crippen LogP contribution in [0.15, 0.2) is 91.0 Å². The van der Waals surface area contributed by atoms with E-state index in [-0.39, 0.29) is 24.8 Å². The van der Waals surface area contributed by atoms with Crippen LogP contribution in [0.3, 0.4) is 0 Å². The summed E-state index contributed by atoms with van der Waals surface area (Å²) in [6, 6.07) is 27.0. The molecule has 0 aromatic heterocycles. The highest BCUT2D eigenvalue weighted by atomic mass is 32.2. The maximum absolute atomic E-state index is 13.5. The number of esters is 1. The fraction of sp³-hybridized carbons (Fsp3) is 0.214. The van der Waals surface area contributed by atoms with Crippen LogP contribution < -0.4 is 5.32 Å². The van der Waals surface area contributed by atoms with Gasteiger partial charge in [0.2, 0.25) is 11.8 Å². The van der Waals surface area contributed by atoms with Gasteiger partial charge in [0.1, 0.15) is 17.7 Å². The van der Waals surface area contributed by atoms with Gasteiger partial charge in [0.25, 0.3) is 0 Å². The fourth-order valence-electron chi connectivity index (χ4n) is 4.48. The molecule has 0 saturated carbocycles. The molecule has 3 aromatic rings. The van der Waals surface area contributed by atoms with Gasteiger partial charge in [-0.05, 0) is 16.7 Å². The van der Waals surface area contributed by atoms with Gasteiger partial charge < -0.3 is 19.7 Å². The highest BCUT2D eigenvalue weighted by molar-refractivity contribution is 8.03. The Morgan fingerprint density at radius 3 is 2.08 bits per heavy atom. The van der Waals surface area contributed by atoms with Crippen molar-refractivity contribution in [1.82, 2.24) is 10.2 Å². The lowest BCUT2D eigenvalue weighted by Gasteiger charge is -2.41. The lowest BCUT2D eigenvalue weighted by atomic mass is 10.0. The first-order valence-corrected chi connectivity index (χ1v) is 12.5. The topological polar surface area (TPSA) is 92.8 Å². The first-order valence-electron chi connectivity index (χ1n) is 11.6. The van der Waals surface area contributed by atoms with Gasteiger partial charge in [-0.3, -0.25) is 9.59 Å². The number of thioether (sulfide) groups is 1. The monoisotopic (exact) mass is 500 g/mol. The van der Waals surface area contributed by atoms with Gasteiger partial charge in [-0.2, -0.15) is 0 Å². The van der Waals surface area contributed by atoms with E-state index in [1.165, 1.54) is 4.90 Å². The van der Waals surface area contributed by atoms with Crippen molar-refractivity contribution in [1.29, 1.82) is 0 Å². The van der Waals surface area contributed by atoms with Gasteiger partial charge in [-0.25, -0.2) is 4.79 Å². The van der Waals surface area contributed by atoms with E-state index in [0.29, 0.717) is 6.29 Å². The molecule has 3 aromatic carbocycles. The summed E-state index contributed by atoms with van der Waals surface area (Å²) in [6.45, 7) is -0.0924. The first-order chi connectivity index (χ1) is 17.5. The molecule has 3 atom stereocenters. The molecule has 2 saturated heterocycles. The number of ether oxygens (including phenoxy) is 1. The molecule has 36 heavy (non-hydrogen) atoms. The molecule has 1 N–H and O–H groups in total. The number of carbonyl (C=O) groups excluding carboxylic acids is 4. The number of β-lactam (4-membered cyclic amide) rings is 1. The Kier molecular flexibility index (Phi) is 6.61. The summed E-state index contributed by atoms with van der Waals surface area (Å²) in [5.74, 6) is -1.32. The summed E-state index contributed by atoms with van der Waals surface area (Å²) in [6.07, 6.45) is -0.0112. The van der Waals surface area contributed by atoms with Crippen molar-refractivity contribution in [3.63, 3.8) is 0 Å². The third-order valence-electron chi connectivity index (χ3n) is 6.37. The Bertz CT molecular complexity index is 1230. The molecule has 182 valence electrons. The van der Waals surface area contributed by atoms with E-state index in [1.54, 1.807) is 0 Å². The largest absolute Gasteiger partial charge is 0.451 e. The second kappa shape index (κ2) is 9.99. The molecule has 2 fully saturated rings. The molecule has 0 bridgehead atoms. The summed E-state index contributed by atoms with van der Waals surface area (Å²) in [5, 5.41) is 2.25. The predicted molar refractivity (Wildman–Crippen MR) is 135 cm³/mol. The molecule has 2 aliphatic heterocycles. The zero-order valence-electron chi connectivity index (χ0n) is 19.3. The minimum Gasteiger partial charge on any atom is -0.451 e. The zero-order chi connectivity index (χ0) is 25.1. The first kappa shape index (κ1) is 23.8. The molecule has 0 unspecified atom stereocenters. The van der Waals surface area contributed by atoms with E-state index >= 15 is 0 Å². The third kappa shape index (κ3) is 4.52. The molecule has 2 heterocycles. The van der Waals surface area contributed by atoms with Crippen molar-refractivity contribution in [2.45, 2.75) is 28.7 Å². The average molecular weight is 501 g/mol. The lowest BCUT2D eigenvalue weighted by Crippen LogP contribution is -2.67. The van der Waals surface area contributed by atoms with Crippen molar-refractivity contribution in [3.8, 4) is 0 Å². The molecule has 2 amide bonds. The van der Waals surface area contributed by atoms with E-state index in [0.717, 1.165) is 28.5 Å². The second-order valence-electron chi connectivity index (χ2n) is 8.80. The van der Waals surface area contributed by atoms with Crippen molar-refractivity contribution in [2.24, 2.45) is 0 Å². The molecular formula is C28H24N2O5S. The average Bonchev–Trinajstić information content (AvgIpc) is 3.29. The number of hydrogen-bond donors (Lipinski definition) is 1. The Balaban J connectivity index is 1.31. The minimum absolute atomic E-state index is 0.0924. The summed E-state index contributed by atoms with van der Waals surface area (Å²) in [5.41, 5.74) is 2.37. The standard InChI is InChI=1S/C28H24N2O5S/c31-18-28(27(34)35-24(20-12-6-2-7-13-20)21-14-8-3-9-15-21)17-30-25(33)23(26(30)36-28)29-22(32)16-19-10-4-1-5-11-19/h1-15,18,23-24,26H,16-17H2,(H,29,32)/t23-,26-,28+/m1/s1. The SMILES string of the molecule is O=C[C@]1(C(=O)OC(c2ccccc2)c2ccccc2)CN2C(=O)[C@@H](NC(=O)Cc3ccccc3)[C@H]2S1. The van der Waals surface area contributed by atoms with Gasteiger partial charge in [-0.1, -0.05) is 91.0 Å². The van der Waals surface area contributed by atoms with Crippen LogP contribution in [0.4, 0.5) is 0 Å². The Hall–Kier alpha value is -3.91. The molecule has 2 aliphatic rings. The maximum Gasteiger partial charge on any atom is 0.332 e. The summed E-state index contributed by atoms with van der Waals surface area (Å²) < 4.78 is 4.37. The van der Waals surface area contributed by atoms with Crippen molar-refractivity contribution in [3.05, 3.63) is 108 Å². The number of nitrogens with zero attached hydrogens (tertiary/aromatic N) is 1. The van der Waals surface area contributed by atoms with Crippen LogP contribution in [0.1, 0.15) is 22.8 Å². The Morgan fingerprint density at radius 1 is 0.972 bits per heavy atom. The zero-order valence-corrected chi connectivity index (χ0v) is 20.1. The van der Waals surface area contributed by atoms with Crippen LogP contribution in [0.5, 0.6) is 0 Å². The normalized spacial score (nSPS) is 22.5. The van der Waals surface area contributed by atoms with Gasteiger partial charge in [0.05, 0.1) is 13.0 Å². The van der Waals surface area contributed by atoms with E-state index < -0.39 is 28.2 Å². The number of benzene rings is 3. The van der Waals surface area contributed by atoms with Crippen LogP contribution in [0.25, 0.3) is 0 Å². The summed E-state index contributed by atoms with van der Waals surface area (Å²) in [4.78, 5) is 52.5. The molecule has 7 nitrogen and oxygen atoms in total. The lowest BCUT2D eigenvalue weighted by molar-refractivity contribution is -0.154. The second-order valence-corrected chi connectivity index (χ2v) is 10.2. The Labute approximate surface area is 212 Å². The van der Waals surface area contributed by atoms with Crippen LogP contribution in [-0.2, 0) is 30.3 Å². The fourth-order valence-corrected chi connectivity index (χ4v) is 5.96. The third-order valence-corrected chi connectivity index (χ3v) is 7.95. The number of fused-ring (bicyclic) bond motifs is 1. The number of aldehydes is 1. The molecule has 8 heteroatoms. The molecule has 0 aliphatic carbocycles. The van der Waals surface area contributed by atoms with Crippen molar-refractivity contribution >= 4 is 35.8 Å². The molecule has 0 spiro atoms. The molecule has 5 rings (SSSR count). The van der Waals surface area contributed by atoms with Gasteiger partial charge in [0.15, 0.2) is 10.9 Å². The maximum atomic E-state index is 13.5. The highest BCUT2D eigenvalue weighted by Gasteiger charge is 2.63. The molecular weight excluding hydrogens is 476 g/mol.